The number of aromatic nitrogens is 2. The first kappa shape index (κ1) is 20.0. The molecule has 8 nitrogen and oxygen atoms in total. The molecule has 0 amide bonds. The molecule has 2 aromatic heterocycles. The summed E-state index contributed by atoms with van der Waals surface area (Å²) in [7, 11) is 0. The highest BCUT2D eigenvalue weighted by Gasteiger charge is 2.25. The number of anilines is 1. The predicted molar refractivity (Wildman–Crippen MR) is 118 cm³/mol. The summed E-state index contributed by atoms with van der Waals surface area (Å²) in [5.74, 6) is 1.33. The Labute approximate surface area is 174 Å². The fraction of sp³-hybridized carbons (Fsp3) is 0.364. The number of rotatable bonds is 5. The fourth-order valence-electron chi connectivity index (χ4n) is 3.67. The molecule has 0 fully saturated rings. The van der Waals surface area contributed by atoms with E-state index in [9.17, 15) is 4.79 Å². The van der Waals surface area contributed by atoms with Crippen LogP contribution in [0.15, 0.2) is 57.1 Å². The molecule has 4 N–H and O–H groups in total. The maximum atomic E-state index is 12.5. The quantitative estimate of drug-likeness (QED) is 0.606. The van der Waals surface area contributed by atoms with Crippen LogP contribution in [0, 0.1) is 6.92 Å². The Morgan fingerprint density at radius 1 is 1.30 bits per heavy atom. The largest absolute Gasteiger partial charge is 0.394 e. The van der Waals surface area contributed by atoms with Crippen LogP contribution in [0.5, 0.6) is 0 Å². The van der Waals surface area contributed by atoms with Gasteiger partial charge in [0, 0.05) is 36.6 Å². The van der Waals surface area contributed by atoms with E-state index in [1.807, 2.05) is 31.3 Å². The molecule has 8 heteroatoms. The summed E-state index contributed by atoms with van der Waals surface area (Å²) in [6.07, 6.45) is 8.32. The van der Waals surface area contributed by atoms with Crippen LogP contribution in [-0.4, -0.2) is 45.9 Å². The lowest BCUT2D eigenvalue weighted by Gasteiger charge is -2.26. The van der Waals surface area contributed by atoms with Crippen LogP contribution < -0.4 is 16.2 Å². The summed E-state index contributed by atoms with van der Waals surface area (Å²) in [5.41, 5.74) is 4.60. The normalized spacial score (nSPS) is 19.7. The van der Waals surface area contributed by atoms with Gasteiger partial charge in [0.15, 0.2) is 0 Å². The topological polar surface area (TPSA) is 115 Å². The summed E-state index contributed by atoms with van der Waals surface area (Å²) in [6, 6.07) is 5.86. The molecule has 0 saturated heterocycles. The number of aliphatic hydroxyl groups is 1. The Balaban J connectivity index is 1.57. The average Bonchev–Trinajstić information content (AvgIpc) is 2.75. The molecule has 156 valence electrons. The highest BCUT2D eigenvalue weighted by molar-refractivity contribution is 6.02. The highest BCUT2D eigenvalue weighted by Crippen LogP contribution is 2.20. The van der Waals surface area contributed by atoms with E-state index in [-0.39, 0.29) is 18.3 Å². The molecule has 3 heterocycles. The summed E-state index contributed by atoms with van der Waals surface area (Å²) >= 11 is 0. The maximum absolute atomic E-state index is 12.5. The molecule has 1 aliphatic heterocycles. The third-order valence-electron chi connectivity index (χ3n) is 5.19. The Morgan fingerprint density at radius 3 is 2.93 bits per heavy atom. The second kappa shape index (κ2) is 9.04. The van der Waals surface area contributed by atoms with Gasteiger partial charge in [0.25, 0.3) is 5.56 Å². The molecule has 4 rings (SSSR count). The number of aliphatic hydroxyl groups excluding tert-OH is 1. The first-order valence-electron chi connectivity index (χ1n) is 10.2. The predicted octanol–water partition coefficient (Wildman–Crippen LogP) is 1.91. The zero-order chi connectivity index (χ0) is 20.9. The van der Waals surface area contributed by atoms with E-state index < -0.39 is 0 Å². The van der Waals surface area contributed by atoms with Crippen molar-refractivity contribution in [1.82, 2.24) is 15.3 Å². The minimum absolute atomic E-state index is 0.0684. The number of aromatic amines is 1. The van der Waals surface area contributed by atoms with Crippen LogP contribution in [0.25, 0.3) is 0 Å². The van der Waals surface area contributed by atoms with Gasteiger partial charge in [-0.05, 0) is 43.0 Å². The van der Waals surface area contributed by atoms with Crippen molar-refractivity contribution in [3.05, 3.63) is 69.4 Å². The standard InChI is InChI=1S/C22H26N6O2/c1-14-2-7-18(25-13-14)27-19-12-15-8-9-24-22(30)20(15)21(28-19)26-17-5-3-16(4-6-17)23-10-11-29/h2,5,7-9,13,19,29H,3-4,6,10-12H2,1H3,(H,24,30)(H,25,27)(H,26,28). The lowest BCUT2D eigenvalue weighted by atomic mass is 9.99. The van der Waals surface area contributed by atoms with E-state index in [4.69, 9.17) is 10.1 Å². The van der Waals surface area contributed by atoms with Crippen molar-refractivity contribution >= 4 is 17.4 Å². The molecule has 0 bridgehead atoms. The van der Waals surface area contributed by atoms with Crippen molar-refractivity contribution in [1.29, 1.82) is 0 Å². The van der Waals surface area contributed by atoms with Crippen molar-refractivity contribution in [2.45, 2.75) is 38.8 Å². The number of hydrogen-bond acceptors (Lipinski definition) is 7. The molecule has 30 heavy (non-hydrogen) atoms. The Kier molecular flexibility index (Phi) is 6.04. The van der Waals surface area contributed by atoms with Crippen LogP contribution >= 0.6 is 0 Å². The lowest BCUT2D eigenvalue weighted by molar-refractivity contribution is 0.306. The van der Waals surface area contributed by atoms with Gasteiger partial charge in [-0.3, -0.25) is 9.79 Å². The zero-order valence-electron chi connectivity index (χ0n) is 17.0. The monoisotopic (exact) mass is 406 g/mol. The molecule has 1 atom stereocenters. The molecule has 0 radical (unpaired) electrons. The first-order chi connectivity index (χ1) is 14.6. The number of H-pyrrole nitrogens is 1. The van der Waals surface area contributed by atoms with Crippen molar-refractivity contribution < 1.29 is 5.11 Å². The van der Waals surface area contributed by atoms with Gasteiger partial charge >= 0.3 is 0 Å². The Bertz CT molecular complexity index is 1050. The maximum Gasteiger partial charge on any atom is 0.259 e. The molecule has 2 aliphatic rings. The SMILES string of the molecule is Cc1ccc(NC2Cc3cc[nH]c(=O)c3C(NC3=CCC(=NCCO)CC3)=N2)nc1. The number of amidine groups is 1. The number of allylic oxidation sites excluding steroid dienone is 2. The second-order valence-electron chi connectivity index (χ2n) is 7.50. The Hall–Kier alpha value is -3.26. The van der Waals surface area contributed by atoms with E-state index in [2.05, 4.69) is 31.7 Å². The summed E-state index contributed by atoms with van der Waals surface area (Å²) in [6.45, 7) is 2.51. The number of nitrogens with zero attached hydrogens (tertiary/aromatic N) is 3. The number of aliphatic imine (C=N–C) groups is 2. The molecular weight excluding hydrogens is 380 g/mol. The van der Waals surface area contributed by atoms with Crippen molar-refractivity contribution in [3.63, 3.8) is 0 Å². The highest BCUT2D eigenvalue weighted by atomic mass is 16.3. The summed E-state index contributed by atoms with van der Waals surface area (Å²) < 4.78 is 0. The van der Waals surface area contributed by atoms with Gasteiger partial charge in [0.2, 0.25) is 0 Å². The van der Waals surface area contributed by atoms with Crippen LogP contribution in [0.1, 0.15) is 36.0 Å². The number of aryl methyl sites for hydroxylation is 1. The van der Waals surface area contributed by atoms with E-state index >= 15 is 0 Å². The van der Waals surface area contributed by atoms with Gasteiger partial charge in [-0.2, -0.15) is 0 Å². The van der Waals surface area contributed by atoms with E-state index in [1.54, 1.807) is 6.20 Å². The molecule has 0 spiro atoms. The first-order valence-corrected chi connectivity index (χ1v) is 10.2. The number of pyridine rings is 2. The molecule has 0 aromatic carbocycles. The van der Waals surface area contributed by atoms with E-state index in [0.717, 1.165) is 47.6 Å². The third kappa shape index (κ3) is 4.65. The molecule has 1 unspecified atom stereocenters. The van der Waals surface area contributed by atoms with Crippen molar-refractivity contribution in [3.8, 4) is 0 Å². The second-order valence-corrected chi connectivity index (χ2v) is 7.50. The van der Waals surface area contributed by atoms with Gasteiger partial charge in [0.1, 0.15) is 17.8 Å². The number of nitrogens with one attached hydrogen (secondary N) is 3. The van der Waals surface area contributed by atoms with Gasteiger partial charge in [0.05, 0.1) is 18.7 Å². The van der Waals surface area contributed by atoms with Crippen molar-refractivity contribution in [2.75, 3.05) is 18.5 Å². The molecule has 2 aromatic rings. The minimum atomic E-state index is -0.220. The van der Waals surface area contributed by atoms with Crippen molar-refractivity contribution in [2.24, 2.45) is 9.98 Å². The van der Waals surface area contributed by atoms with Crippen LogP contribution in [0.2, 0.25) is 0 Å². The Morgan fingerprint density at radius 2 is 2.20 bits per heavy atom. The smallest absolute Gasteiger partial charge is 0.259 e. The summed E-state index contributed by atoms with van der Waals surface area (Å²) in [5, 5.41) is 15.7. The average molecular weight is 406 g/mol. The summed E-state index contributed by atoms with van der Waals surface area (Å²) in [4.78, 5) is 28.9. The van der Waals surface area contributed by atoms with Gasteiger partial charge in [-0.25, -0.2) is 9.98 Å². The van der Waals surface area contributed by atoms with Gasteiger partial charge < -0.3 is 20.7 Å². The van der Waals surface area contributed by atoms with E-state index in [0.29, 0.717) is 24.4 Å². The minimum Gasteiger partial charge on any atom is -0.394 e. The van der Waals surface area contributed by atoms with Gasteiger partial charge in [-0.1, -0.05) is 12.1 Å². The van der Waals surface area contributed by atoms with Crippen LogP contribution in [0.4, 0.5) is 5.82 Å². The molecule has 0 saturated carbocycles. The molecule has 1 aliphatic carbocycles. The number of hydrogen-bond donors (Lipinski definition) is 4. The van der Waals surface area contributed by atoms with Gasteiger partial charge in [-0.15, -0.1) is 0 Å². The lowest BCUT2D eigenvalue weighted by Crippen LogP contribution is -2.39. The zero-order valence-corrected chi connectivity index (χ0v) is 17.0. The van der Waals surface area contributed by atoms with Crippen LogP contribution in [-0.2, 0) is 6.42 Å². The molecular formula is C22H26N6O2. The van der Waals surface area contributed by atoms with E-state index in [1.165, 1.54) is 0 Å². The third-order valence-corrected chi connectivity index (χ3v) is 5.19. The number of fused-ring (bicyclic) bond motifs is 1. The van der Waals surface area contributed by atoms with Crippen LogP contribution in [0.3, 0.4) is 0 Å². The fourth-order valence-corrected chi connectivity index (χ4v) is 3.67.